The minimum Gasteiger partial charge on any atom is -0.229 e. The lowest BCUT2D eigenvalue weighted by Gasteiger charge is -2.24. The van der Waals surface area contributed by atoms with E-state index in [9.17, 15) is 8.42 Å². The van der Waals surface area contributed by atoms with Crippen LogP contribution in [0.1, 0.15) is 19.3 Å². The van der Waals surface area contributed by atoms with Crippen LogP contribution in [-0.4, -0.2) is 19.9 Å². The lowest BCUT2D eigenvalue weighted by molar-refractivity contribution is 0.347. The Morgan fingerprint density at radius 2 is 2.00 bits per heavy atom. The fourth-order valence-corrected chi connectivity index (χ4v) is 2.32. The molecule has 0 atom stereocenters. The Hall–Kier alpha value is -0.0500. The van der Waals surface area contributed by atoms with Gasteiger partial charge in [0, 0.05) is 0 Å². The molecule has 59 valence electrons. The van der Waals surface area contributed by atoms with Gasteiger partial charge in [0.2, 0.25) is 0 Å². The second kappa shape index (κ2) is 2.91. The highest BCUT2D eigenvalue weighted by Crippen LogP contribution is 2.27. The molecule has 0 unspecified atom stereocenters. The summed E-state index contributed by atoms with van der Waals surface area (Å²) >= 11 is 0. The molecule has 0 bridgehead atoms. The highest BCUT2D eigenvalue weighted by atomic mass is 32.2. The lowest BCUT2D eigenvalue weighted by atomic mass is 9.87. The van der Waals surface area contributed by atoms with Crippen LogP contribution in [0.4, 0.5) is 0 Å². The van der Waals surface area contributed by atoms with Crippen LogP contribution in [0.15, 0.2) is 0 Å². The summed E-state index contributed by atoms with van der Waals surface area (Å²) in [5.41, 5.74) is 0. The number of hydrogen-bond donors (Lipinski definition) is 0. The molecule has 1 fully saturated rings. The first-order chi connectivity index (χ1) is 4.64. The smallest absolute Gasteiger partial charge is 0.150 e. The molecule has 1 aliphatic rings. The average molecular weight is 161 g/mol. The van der Waals surface area contributed by atoms with Crippen LogP contribution < -0.4 is 0 Å². The molecule has 2 nitrogen and oxygen atoms in total. The van der Waals surface area contributed by atoms with Gasteiger partial charge in [-0.1, -0.05) is 6.42 Å². The fourth-order valence-electron chi connectivity index (χ4n) is 1.10. The molecule has 0 saturated heterocycles. The standard InChI is InChI=1S/C7H13O2S/c1-2-10(8,9)6-7-4-3-5-7/h7H,1-6H2. The molecule has 1 saturated carbocycles. The van der Waals surface area contributed by atoms with Crippen LogP contribution in [0, 0.1) is 12.8 Å². The van der Waals surface area contributed by atoms with Gasteiger partial charge in [-0.3, -0.25) is 0 Å². The molecule has 0 aliphatic heterocycles. The van der Waals surface area contributed by atoms with Gasteiger partial charge in [-0.25, -0.2) is 8.42 Å². The first-order valence-corrected chi connectivity index (χ1v) is 5.46. The van der Waals surface area contributed by atoms with Crippen molar-refractivity contribution in [1.82, 2.24) is 0 Å². The van der Waals surface area contributed by atoms with E-state index in [0.717, 1.165) is 12.8 Å². The molecule has 0 aromatic rings. The van der Waals surface area contributed by atoms with E-state index in [1.54, 1.807) is 0 Å². The molecule has 0 aromatic heterocycles. The summed E-state index contributed by atoms with van der Waals surface area (Å²) in [6.07, 6.45) is 3.40. The third-order valence-corrected chi connectivity index (χ3v) is 3.63. The topological polar surface area (TPSA) is 34.1 Å². The maximum absolute atomic E-state index is 10.9. The van der Waals surface area contributed by atoms with Crippen LogP contribution in [0.25, 0.3) is 0 Å². The van der Waals surface area contributed by atoms with E-state index in [1.165, 1.54) is 6.42 Å². The van der Waals surface area contributed by atoms with Gasteiger partial charge < -0.3 is 0 Å². The van der Waals surface area contributed by atoms with Crippen molar-refractivity contribution in [2.24, 2.45) is 5.92 Å². The molecule has 0 amide bonds. The molecule has 1 rings (SSSR count). The largest absolute Gasteiger partial charge is 0.229 e. The minimum atomic E-state index is -2.79. The number of sulfone groups is 1. The van der Waals surface area contributed by atoms with Gasteiger partial charge in [-0.05, 0) is 25.7 Å². The normalized spacial score (nSPS) is 20.5. The Kier molecular flexibility index (Phi) is 2.34. The zero-order valence-electron chi connectivity index (χ0n) is 6.04. The zero-order valence-corrected chi connectivity index (χ0v) is 6.86. The van der Waals surface area contributed by atoms with Crippen molar-refractivity contribution >= 4 is 9.84 Å². The quantitative estimate of drug-likeness (QED) is 0.619. The van der Waals surface area contributed by atoms with Crippen molar-refractivity contribution in [3.63, 3.8) is 0 Å². The van der Waals surface area contributed by atoms with Crippen LogP contribution in [0.3, 0.4) is 0 Å². The van der Waals surface area contributed by atoms with E-state index in [1.807, 2.05) is 0 Å². The molecule has 1 aliphatic carbocycles. The Balaban J connectivity index is 2.36. The van der Waals surface area contributed by atoms with Crippen molar-refractivity contribution in [1.29, 1.82) is 0 Å². The predicted octanol–water partition coefficient (Wildman–Crippen LogP) is 1.04. The molecule has 0 spiro atoms. The molecule has 0 aromatic carbocycles. The molecular weight excluding hydrogens is 148 g/mol. The van der Waals surface area contributed by atoms with E-state index in [-0.39, 0.29) is 5.75 Å². The molecule has 3 heteroatoms. The zero-order chi connectivity index (χ0) is 7.61. The van der Waals surface area contributed by atoms with Gasteiger partial charge in [0.25, 0.3) is 0 Å². The van der Waals surface area contributed by atoms with E-state index < -0.39 is 9.84 Å². The van der Waals surface area contributed by atoms with Crippen LogP contribution >= 0.6 is 0 Å². The summed E-state index contributed by atoms with van der Waals surface area (Å²) < 4.78 is 21.9. The van der Waals surface area contributed by atoms with Gasteiger partial charge in [0.05, 0.1) is 11.5 Å². The molecule has 10 heavy (non-hydrogen) atoms. The molecule has 0 heterocycles. The van der Waals surface area contributed by atoms with E-state index in [4.69, 9.17) is 0 Å². The fraction of sp³-hybridized carbons (Fsp3) is 0.857. The van der Waals surface area contributed by atoms with Crippen molar-refractivity contribution in [2.45, 2.75) is 19.3 Å². The molecule has 0 N–H and O–H groups in total. The maximum Gasteiger partial charge on any atom is 0.150 e. The number of rotatable bonds is 3. The van der Waals surface area contributed by atoms with Gasteiger partial charge in [0.1, 0.15) is 0 Å². The summed E-state index contributed by atoms with van der Waals surface area (Å²) in [7, 11) is -2.79. The van der Waals surface area contributed by atoms with Gasteiger partial charge >= 0.3 is 0 Å². The SMILES string of the molecule is [CH2]CS(=O)(=O)CC1CCC1. The third kappa shape index (κ3) is 1.97. The Labute approximate surface area is 62.5 Å². The second-order valence-corrected chi connectivity index (χ2v) is 5.14. The maximum atomic E-state index is 10.9. The number of hydrogen-bond acceptors (Lipinski definition) is 2. The molecular formula is C7H13O2S. The Morgan fingerprint density at radius 3 is 2.30 bits per heavy atom. The van der Waals surface area contributed by atoms with Crippen molar-refractivity contribution < 1.29 is 8.42 Å². The average Bonchev–Trinajstić information content (AvgIpc) is 1.80. The van der Waals surface area contributed by atoms with Gasteiger partial charge in [-0.2, -0.15) is 0 Å². The van der Waals surface area contributed by atoms with Crippen LogP contribution in [-0.2, 0) is 9.84 Å². The summed E-state index contributed by atoms with van der Waals surface area (Å²) in [6.45, 7) is 3.38. The van der Waals surface area contributed by atoms with Crippen molar-refractivity contribution in [3.8, 4) is 0 Å². The van der Waals surface area contributed by atoms with E-state index in [0.29, 0.717) is 11.7 Å². The Bertz CT molecular complexity index is 190. The lowest BCUT2D eigenvalue weighted by Crippen LogP contribution is -2.23. The third-order valence-electron chi connectivity index (χ3n) is 2.03. The summed E-state index contributed by atoms with van der Waals surface area (Å²) in [6, 6.07) is 0. The second-order valence-electron chi connectivity index (χ2n) is 2.91. The van der Waals surface area contributed by atoms with Crippen molar-refractivity contribution in [3.05, 3.63) is 6.92 Å². The summed E-state index contributed by atoms with van der Waals surface area (Å²) in [5.74, 6) is 0.881. The highest BCUT2D eigenvalue weighted by molar-refractivity contribution is 7.91. The minimum absolute atomic E-state index is 0.0590. The van der Waals surface area contributed by atoms with E-state index in [2.05, 4.69) is 6.92 Å². The van der Waals surface area contributed by atoms with Gasteiger partial charge in [-0.15, -0.1) is 0 Å². The summed E-state index contributed by atoms with van der Waals surface area (Å²) in [4.78, 5) is 0. The van der Waals surface area contributed by atoms with Crippen LogP contribution in [0.2, 0.25) is 0 Å². The van der Waals surface area contributed by atoms with Crippen LogP contribution in [0.5, 0.6) is 0 Å². The summed E-state index contributed by atoms with van der Waals surface area (Å²) in [5, 5.41) is 0. The first-order valence-electron chi connectivity index (χ1n) is 3.64. The van der Waals surface area contributed by atoms with Gasteiger partial charge in [0.15, 0.2) is 9.84 Å². The first kappa shape index (κ1) is 8.05. The predicted molar refractivity (Wildman–Crippen MR) is 41.4 cm³/mol. The molecule has 1 radical (unpaired) electrons. The monoisotopic (exact) mass is 161 g/mol. The van der Waals surface area contributed by atoms with E-state index >= 15 is 0 Å². The van der Waals surface area contributed by atoms with Crippen molar-refractivity contribution in [2.75, 3.05) is 11.5 Å². The Morgan fingerprint density at radius 1 is 1.40 bits per heavy atom. The highest BCUT2D eigenvalue weighted by Gasteiger charge is 2.22.